The molecule has 1 aromatic carbocycles. The van der Waals surface area contributed by atoms with Crippen LogP contribution >= 0.6 is 0 Å². The van der Waals surface area contributed by atoms with Crippen molar-refractivity contribution in [2.24, 2.45) is 7.05 Å². The Bertz CT molecular complexity index is 877. The summed E-state index contributed by atoms with van der Waals surface area (Å²) in [6, 6.07) is 7.03. The molecule has 0 atom stereocenters. The fraction of sp³-hybridized carbons (Fsp3) is 0.143. The highest BCUT2D eigenvalue weighted by atomic mass is 16.4. The van der Waals surface area contributed by atoms with Crippen LogP contribution in [0.15, 0.2) is 39.7 Å². The summed E-state index contributed by atoms with van der Waals surface area (Å²) in [5, 5.41) is 0. The predicted octanol–water partition coefficient (Wildman–Crippen LogP) is 1.79. The van der Waals surface area contributed by atoms with Crippen LogP contribution in [0.4, 0.5) is 0 Å². The minimum atomic E-state index is -0.413. The smallest absolute Gasteiger partial charge is 0.408 e. The summed E-state index contributed by atoms with van der Waals surface area (Å²) < 4.78 is 6.57. The number of rotatable bonds is 2. The SMILES string of the molecule is CC(=O)c1nccc(-c2ccc3c(c2)oc(=O)n3C)n1. The van der Waals surface area contributed by atoms with Gasteiger partial charge in [0.2, 0.25) is 0 Å². The standard InChI is InChI=1S/C14H11N3O3/c1-8(18)13-15-6-5-10(16-13)9-3-4-11-12(7-9)20-14(19)17(11)2/h3-7H,1-2H3. The van der Waals surface area contributed by atoms with Gasteiger partial charge >= 0.3 is 5.76 Å². The summed E-state index contributed by atoms with van der Waals surface area (Å²) in [5.41, 5.74) is 2.56. The molecule has 6 nitrogen and oxygen atoms in total. The Labute approximate surface area is 113 Å². The van der Waals surface area contributed by atoms with Crippen molar-refractivity contribution >= 4 is 16.9 Å². The number of oxazole rings is 1. The summed E-state index contributed by atoms with van der Waals surface area (Å²) in [6.07, 6.45) is 1.53. The number of benzene rings is 1. The zero-order chi connectivity index (χ0) is 14.3. The molecule has 3 rings (SSSR count). The molecular weight excluding hydrogens is 258 g/mol. The van der Waals surface area contributed by atoms with Gasteiger partial charge in [-0.05, 0) is 18.2 Å². The van der Waals surface area contributed by atoms with Crippen LogP contribution in [0.1, 0.15) is 17.5 Å². The lowest BCUT2D eigenvalue weighted by Gasteiger charge is -2.02. The summed E-state index contributed by atoms with van der Waals surface area (Å²) >= 11 is 0. The fourth-order valence-corrected chi connectivity index (χ4v) is 1.98. The van der Waals surface area contributed by atoms with Gasteiger partial charge in [-0.1, -0.05) is 6.07 Å². The number of hydrogen-bond acceptors (Lipinski definition) is 5. The molecule has 100 valence electrons. The Morgan fingerprint density at radius 2 is 2.10 bits per heavy atom. The van der Waals surface area contributed by atoms with E-state index in [0.717, 1.165) is 5.56 Å². The van der Waals surface area contributed by atoms with Gasteiger partial charge in [-0.15, -0.1) is 0 Å². The summed E-state index contributed by atoms with van der Waals surface area (Å²) in [5.74, 6) is -0.444. The summed E-state index contributed by atoms with van der Waals surface area (Å²) in [4.78, 5) is 30.9. The maximum absolute atomic E-state index is 11.5. The summed E-state index contributed by atoms with van der Waals surface area (Å²) in [7, 11) is 1.65. The molecule has 0 bridgehead atoms. The second-order valence-electron chi connectivity index (χ2n) is 4.43. The molecule has 0 saturated heterocycles. The van der Waals surface area contributed by atoms with E-state index in [9.17, 15) is 9.59 Å². The maximum atomic E-state index is 11.5. The molecule has 0 amide bonds. The monoisotopic (exact) mass is 269 g/mol. The van der Waals surface area contributed by atoms with E-state index in [1.807, 2.05) is 6.07 Å². The van der Waals surface area contributed by atoms with Crippen molar-refractivity contribution in [3.63, 3.8) is 0 Å². The number of carbonyl (C=O) groups is 1. The third-order valence-electron chi connectivity index (χ3n) is 3.06. The van der Waals surface area contributed by atoms with Gasteiger partial charge < -0.3 is 4.42 Å². The molecule has 0 N–H and O–H groups in total. The lowest BCUT2D eigenvalue weighted by atomic mass is 10.1. The molecule has 0 spiro atoms. The predicted molar refractivity (Wildman–Crippen MR) is 72.5 cm³/mol. The van der Waals surface area contributed by atoms with Crippen molar-refractivity contribution in [3.05, 3.63) is 46.8 Å². The Balaban J connectivity index is 2.17. The van der Waals surface area contributed by atoms with Gasteiger partial charge in [0.15, 0.2) is 17.2 Å². The van der Waals surface area contributed by atoms with Gasteiger partial charge in [-0.3, -0.25) is 9.36 Å². The van der Waals surface area contributed by atoms with E-state index in [0.29, 0.717) is 16.8 Å². The van der Waals surface area contributed by atoms with Crippen LogP contribution in [0.2, 0.25) is 0 Å². The minimum absolute atomic E-state index is 0.164. The van der Waals surface area contributed by atoms with Gasteiger partial charge in [0, 0.05) is 25.7 Å². The highest BCUT2D eigenvalue weighted by Crippen LogP contribution is 2.22. The van der Waals surface area contributed by atoms with Crippen LogP contribution in [0.25, 0.3) is 22.4 Å². The zero-order valence-electron chi connectivity index (χ0n) is 11.0. The molecule has 0 fully saturated rings. The topological polar surface area (TPSA) is 78.0 Å². The second-order valence-corrected chi connectivity index (χ2v) is 4.43. The van der Waals surface area contributed by atoms with Crippen molar-refractivity contribution in [2.75, 3.05) is 0 Å². The molecule has 0 aliphatic carbocycles. The number of nitrogens with zero attached hydrogens (tertiary/aromatic N) is 3. The molecular formula is C14H11N3O3. The van der Waals surface area contributed by atoms with Crippen molar-refractivity contribution in [3.8, 4) is 11.3 Å². The quantitative estimate of drug-likeness (QED) is 0.663. The Morgan fingerprint density at radius 3 is 2.85 bits per heavy atom. The van der Waals surface area contributed by atoms with E-state index >= 15 is 0 Å². The molecule has 2 heterocycles. The van der Waals surface area contributed by atoms with Crippen molar-refractivity contribution in [1.82, 2.24) is 14.5 Å². The van der Waals surface area contributed by atoms with Crippen LogP contribution in [-0.4, -0.2) is 20.3 Å². The second kappa shape index (κ2) is 4.41. The number of Topliss-reactive ketones (excluding diaryl/α,β-unsaturated/α-hetero) is 1. The van der Waals surface area contributed by atoms with E-state index < -0.39 is 5.76 Å². The molecule has 2 aromatic heterocycles. The minimum Gasteiger partial charge on any atom is -0.408 e. The van der Waals surface area contributed by atoms with Crippen molar-refractivity contribution in [1.29, 1.82) is 0 Å². The average Bonchev–Trinajstić information content (AvgIpc) is 2.74. The Kier molecular flexibility index (Phi) is 2.71. The molecule has 20 heavy (non-hydrogen) atoms. The molecule has 6 heteroatoms. The van der Waals surface area contributed by atoms with E-state index in [2.05, 4.69) is 9.97 Å². The summed E-state index contributed by atoms with van der Waals surface area (Å²) in [6.45, 7) is 1.42. The van der Waals surface area contributed by atoms with Crippen LogP contribution in [0, 0.1) is 0 Å². The van der Waals surface area contributed by atoms with E-state index in [4.69, 9.17) is 4.42 Å². The lowest BCUT2D eigenvalue weighted by molar-refractivity contribution is 0.100. The lowest BCUT2D eigenvalue weighted by Crippen LogP contribution is -2.08. The molecule has 0 saturated carbocycles. The highest BCUT2D eigenvalue weighted by molar-refractivity contribution is 5.90. The first-order valence-corrected chi connectivity index (χ1v) is 6.00. The normalized spacial score (nSPS) is 10.9. The van der Waals surface area contributed by atoms with Crippen LogP contribution in [0.5, 0.6) is 0 Å². The number of hydrogen-bond donors (Lipinski definition) is 0. The van der Waals surface area contributed by atoms with Crippen molar-refractivity contribution < 1.29 is 9.21 Å². The third kappa shape index (κ3) is 1.91. The molecule has 0 unspecified atom stereocenters. The molecule has 0 aliphatic heterocycles. The van der Waals surface area contributed by atoms with Gasteiger partial charge in [0.1, 0.15) is 0 Å². The maximum Gasteiger partial charge on any atom is 0.419 e. The largest absolute Gasteiger partial charge is 0.419 e. The van der Waals surface area contributed by atoms with Crippen LogP contribution in [0.3, 0.4) is 0 Å². The number of carbonyl (C=O) groups excluding carboxylic acids is 1. The molecule has 0 aliphatic rings. The van der Waals surface area contributed by atoms with Gasteiger partial charge in [-0.2, -0.15) is 0 Å². The fourth-order valence-electron chi connectivity index (χ4n) is 1.98. The molecule has 0 radical (unpaired) electrons. The Morgan fingerprint density at radius 1 is 1.30 bits per heavy atom. The number of aromatic nitrogens is 3. The van der Waals surface area contributed by atoms with Crippen LogP contribution < -0.4 is 5.76 Å². The number of fused-ring (bicyclic) bond motifs is 1. The first-order valence-electron chi connectivity index (χ1n) is 6.00. The highest BCUT2D eigenvalue weighted by Gasteiger charge is 2.10. The van der Waals surface area contributed by atoms with Crippen molar-refractivity contribution in [2.45, 2.75) is 6.92 Å². The van der Waals surface area contributed by atoms with Gasteiger partial charge in [0.25, 0.3) is 0 Å². The van der Waals surface area contributed by atoms with Gasteiger partial charge in [0.05, 0.1) is 11.2 Å². The van der Waals surface area contributed by atoms with Gasteiger partial charge in [-0.25, -0.2) is 14.8 Å². The molecule has 3 aromatic rings. The van der Waals surface area contributed by atoms with E-state index in [1.54, 1.807) is 25.2 Å². The first-order chi connectivity index (χ1) is 9.56. The Hall–Kier alpha value is -2.76. The number of aryl methyl sites for hydroxylation is 1. The first kappa shape index (κ1) is 12.3. The van der Waals surface area contributed by atoms with E-state index in [1.165, 1.54) is 17.7 Å². The third-order valence-corrected chi connectivity index (χ3v) is 3.06. The number of ketones is 1. The van der Waals surface area contributed by atoms with Crippen LogP contribution in [-0.2, 0) is 7.05 Å². The average molecular weight is 269 g/mol. The zero-order valence-corrected chi connectivity index (χ0v) is 11.0. The van der Waals surface area contributed by atoms with E-state index in [-0.39, 0.29) is 11.6 Å².